The van der Waals surface area contributed by atoms with E-state index in [1.54, 1.807) is 0 Å². The number of nitrogens with two attached hydrogens (primary N) is 1. The van der Waals surface area contributed by atoms with E-state index in [0.717, 1.165) is 37.6 Å². The van der Waals surface area contributed by atoms with Crippen LogP contribution in [-0.4, -0.2) is 44.2 Å². The van der Waals surface area contributed by atoms with Crippen LogP contribution >= 0.6 is 0 Å². The highest BCUT2D eigenvalue weighted by Gasteiger charge is 2.33. The maximum Gasteiger partial charge on any atom is 0.170 e. The molecule has 112 valence electrons. The van der Waals surface area contributed by atoms with Crippen molar-refractivity contribution >= 4 is 0 Å². The Bertz CT molecular complexity index is 591. The summed E-state index contributed by atoms with van der Waals surface area (Å²) >= 11 is 0. The van der Waals surface area contributed by atoms with Crippen molar-refractivity contribution in [3.8, 4) is 5.69 Å². The predicted octanol–water partition coefficient (Wildman–Crippen LogP) is 1.22. The van der Waals surface area contributed by atoms with Crippen LogP contribution in [0.5, 0.6) is 0 Å². The van der Waals surface area contributed by atoms with Crippen molar-refractivity contribution in [1.82, 2.24) is 25.1 Å². The van der Waals surface area contributed by atoms with Crippen molar-refractivity contribution in [1.29, 1.82) is 0 Å². The van der Waals surface area contributed by atoms with E-state index in [0.29, 0.717) is 0 Å². The van der Waals surface area contributed by atoms with Crippen LogP contribution < -0.4 is 5.73 Å². The van der Waals surface area contributed by atoms with Crippen LogP contribution in [0.2, 0.25) is 0 Å². The van der Waals surface area contributed by atoms with Gasteiger partial charge in [-0.05, 0) is 34.4 Å². The molecule has 2 heterocycles. The third-order valence-corrected chi connectivity index (χ3v) is 4.29. The molecular formula is C15H22N6. The first-order valence-electron chi connectivity index (χ1n) is 7.37. The minimum absolute atomic E-state index is 0.128. The Balaban J connectivity index is 1.76. The monoisotopic (exact) mass is 286 g/mol. The fraction of sp³-hybridized carbons (Fsp3) is 0.533. The zero-order valence-electron chi connectivity index (χ0n) is 12.6. The summed E-state index contributed by atoms with van der Waals surface area (Å²) in [6.45, 7) is 7.16. The van der Waals surface area contributed by atoms with Gasteiger partial charge in [-0.1, -0.05) is 32.0 Å². The van der Waals surface area contributed by atoms with E-state index in [2.05, 4.69) is 34.3 Å². The highest BCUT2D eigenvalue weighted by Crippen LogP contribution is 2.28. The molecule has 2 N–H and O–H groups in total. The van der Waals surface area contributed by atoms with Gasteiger partial charge in [0.05, 0.1) is 12.2 Å². The molecule has 0 spiro atoms. The second-order valence-electron chi connectivity index (χ2n) is 6.44. The van der Waals surface area contributed by atoms with E-state index in [9.17, 15) is 0 Å². The van der Waals surface area contributed by atoms with Gasteiger partial charge in [0.2, 0.25) is 0 Å². The smallest absolute Gasteiger partial charge is 0.170 e. The number of likely N-dealkylation sites (tertiary alicyclic amines) is 1. The number of hydrogen-bond acceptors (Lipinski definition) is 5. The summed E-state index contributed by atoms with van der Waals surface area (Å²) in [6, 6.07) is 10.3. The van der Waals surface area contributed by atoms with Gasteiger partial charge in [0.1, 0.15) is 0 Å². The van der Waals surface area contributed by atoms with Gasteiger partial charge in [0.15, 0.2) is 5.82 Å². The molecule has 1 atom stereocenters. The number of aromatic nitrogens is 4. The summed E-state index contributed by atoms with van der Waals surface area (Å²) in [5, 5.41) is 12.1. The van der Waals surface area contributed by atoms with Crippen LogP contribution in [0.4, 0.5) is 0 Å². The topological polar surface area (TPSA) is 72.9 Å². The van der Waals surface area contributed by atoms with Crippen LogP contribution in [0.3, 0.4) is 0 Å². The van der Waals surface area contributed by atoms with Gasteiger partial charge in [-0.25, -0.2) is 0 Å². The number of benzene rings is 1. The van der Waals surface area contributed by atoms with Crippen LogP contribution in [0.1, 0.15) is 26.1 Å². The van der Waals surface area contributed by atoms with Crippen LogP contribution in [-0.2, 0) is 6.54 Å². The Morgan fingerprint density at radius 2 is 2.05 bits per heavy atom. The molecule has 0 radical (unpaired) electrons. The lowest BCUT2D eigenvalue weighted by Gasteiger charge is -2.42. The number of tetrazole rings is 1. The lowest BCUT2D eigenvalue weighted by molar-refractivity contribution is 0.0872. The Morgan fingerprint density at radius 1 is 1.29 bits per heavy atom. The Morgan fingerprint density at radius 3 is 2.76 bits per heavy atom. The summed E-state index contributed by atoms with van der Waals surface area (Å²) in [5.41, 5.74) is 7.32. The second kappa shape index (κ2) is 5.54. The van der Waals surface area contributed by atoms with E-state index in [1.807, 2.05) is 35.0 Å². The molecule has 0 saturated carbocycles. The van der Waals surface area contributed by atoms with Crippen LogP contribution in [0.25, 0.3) is 5.69 Å². The molecule has 2 aromatic rings. The first kappa shape index (κ1) is 14.2. The summed E-state index contributed by atoms with van der Waals surface area (Å²) in [7, 11) is 0. The fourth-order valence-electron chi connectivity index (χ4n) is 2.89. The number of para-hydroxylation sites is 1. The average molecular weight is 286 g/mol. The van der Waals surface area contributed by atoms with Crippen molar-refractivity contribution in [2.24, 2.45) is 11.1 Å². The van der Waals surface area contributed by atoms with E-state index >= 15 is 0 Å². The van der Waals surface area contributed by atoms with Crippen molar-refractivity contribution in [2.45, 2.75) is 32.9 Å². The number of hydrogen-bond donors (Lipinski definition) is 1. The number of nitrogens with zero attached hydrogens (tertiary/aromatic N) is 5. The second-order valence-corrected chi connectivity index (χ2v) is 6.44. The fourth-order valence-corrected chi connectivity index (χ4v) is 2.89. The number of rotatable bonds is 3. The Labute approximate surface area is 124 Å². The van der Waals surface area contributed by atoms with Crippen molar-refractivity contribution in [3.05, 3.63) is 36.2 Å². The molecule has 1 fully saturated rings. The number of piperidine rings is 1. The van der Waals surface area contributed by atoms with Crippen LogP contribution in [0.15, 0.2) is 30.3 Å². The molecule has 0 bridgehead atoms. The van der Waals surface area contributed by atoms with E-state index in [1.165, 1.54) is 0 Å². The van der Waals surface area contributed by atoms with Crippen molar-refractivity contribution in [3.63, 3.8) is 0 Å². The third-order valence-electron chi connectivity index (χ3n) is 4.29. The molecule has 1 aromatic heterocycles. The normalized spacial score (nSPS) is 22.3. The van der Waals surface area contributed by atoms with Gasteiger partial charge in [-0.3, -0.25) is 4.90 Å². The Hall–Kier alpha value is -1.79. The van der Waals surface area contributed by atoms with E-state index in [4.69, 9.17) is 5.73 Å². The molecule has 1 aromatic carbocycles. The van der Waals surface area contributed by atoms with Crippen molar-refractivity contribution in [2.75, 3.05) is 13.1 Å². The summed E-state index contributed by atoms with van der Waals surface area (Å²) in [6.07, 6.45) is 1.01. The molecular weight excluding hydrogens is 264 g/mol. The first-order valence-corrected chi connectivity index (χ1v) is 7.37. The Kier molecular flexibility index (Phi) is 3.73. The highest BCUT2D eigenvalue weighted by molar-refractivity contribution is 5.30. The van der Waals surface area contributed by atoms with Gasteiger partial charge < -0.3 is 5.73 Å². The lowest BCUT2D eigenvalue weighted by atomic mass is 9.80. The highest BCUT2D eigenvalue weighted by atomic mass is 15.5. The summed E-state index contributed by atoms with van der Waals surface area (Å²) in [4.78, 5) is 2.38. The minimum atomic E-state index is 0.128. The zero-order valence-corrected chi connectivity index (χ0v) is 12.6. The molecule has 6 heteroatoms. The molecule has 1 aliphatic rings. The molecule has 21 heavy (non-hydrogen) atoms. The third kappa shape index (κ3) is 2.96. The average Bonchev–Trinajstić information content (AvgIpc) is 2.92. The minimum Gasteiger partial charge on any atom is -0.327 e. The molecule has 0 aliphatic carbocycles. The van der Waals surface area contributed by atoms with Gasteiger partial charge >= 0.3 is 0 Å². The molecule has 6 nitrogen and oxygen atoms in total. The first-order chi connectivity index (χ1) is 10.1. The van der Waals surface area contributed by atoms with Gasteiger partial charge in [0.25, 0.3) is 0 Å². The largest absolute Gasteiger partial charge is 0.327 e. The van der Waals surface area contributed by atoms with Crippen LogP contribution in [0, 0.1) is 5.41 Å². The predicted molar refractivity (Wildman–Crippen MR) is 80.8 cm³/mol. The molecule has 0 amide bonds. The molecule has 1 unspecified atom stereocenters. The maximum absolute atomic E-state index is 6.20. The van der Waals surface area contributed by atoms with Gasteiger partial charge in [-0.2, -0.15) is 4.68 Å². The zero-order chi connectivity index (χ0) is 14.9. The quantitative estimate of drug-likeness (QED) is 0.918. The molecule has 1 saturated heterocycles. The van der Waals surface area contributed by atoms with Crippen molar-refractivity contribution < 1.29 is 0 Å². The lowest BCUT2D eigenvalue weighted by Crippen LogP contribution is -2.52. The summed E-state index contributed by atoms with van der Waals surface area (Å²) < 4.78 is 1.81. The van der Waals surface area contributed by atoms with E-state index in [-0.39, 0.29) is 11.5 Å². The van der Waals surface area contributed by atoms with Gasteiger partial charge in [0, 0.05) is 19.1 Å². The standard InChI is InChI=1S/C15H22N6/c1-15(2)11-20(9-8-13(15)16)10-14-17-18-19-21(14)12-6-4-3-5-7-12/h3-7,13H,8-11,16H2,1-2H3. The SMILES string of the molecule is CC1(C)CN(Cc2nnnn2-c2ccccc2)CCC1N. The maximum atomic E-state index is 6.20. The van der Waals surface area contributed by atoms with Gasteiger partial charge in [-0.15, -0.1) is 5.10 Å². The molecule has 3 rings (SSSR count). The summed E-state index contributed by atoms with van der Waals surface area (Å²) in [5.74, 6) is 0.868. The van der Waals surface area contributed by atoms with E-state index < -0.39 is 0 Å². The molecule has 1 aliphatic heterocycles.